The summed E-state index contributed by atoms with van der Waals surface area (Å²) >= 11 is 0. The number of ether oxygens (including phenoxy) is 1. The van der Waals surface area contributed by atoms with Gasteiger partial charge in [-0.1, -0.05) is 0 Å². The minimum Gasteiger partial charge on any atom is -0.489 e. The zero-order chi connectivity index (χ0) is 18.6. The first-order valence-corrected chi connectivity index (χ1v) is 7.89. The van der Waals surface area contributed by atoms with Crippen molar-refractivity contribution in [2.24, 2.45) is 4.99 Å². The van der Waals surface area contributed by atoms with E-state index < -0.39 is 5.82 Å². The largest absolute Gasteiger partial charge is 0.489 e. The summed E-state index contributed by atoms with van der Waals surface area (Å²) in [6.07, 6.45) is 1.28. The van der Waals surface area contributed by atoms with Crippen LogP contribution in [0.1, 0.15) is 33.4 Å². The highest BCUT2D eigenvalue weighted by atomic mass is 19.1. The van der Waals surface area contributed by atoms with Crippen molar-refractivity contribution < 1.29 is 13.9 Å². The van der Waals surface area contributed by atoms with Crippen LogP contribution in [0.3, 0.4) is 0 Å². The van der Waals surface area contributed by atoms with E-state index >= 15 is 0 Å². The number of carbonyl (C=O) groups is 1. The Hall–Kier alpha value is -2.83. The SMILES string of the molecule is CC(=O)C(C)=Nc1c(C)ncnc1Nc1ccc(F)cc1OC(C)C. The maximum absolute atomic E-state index is 13.5. The lowest BCUT2D eigenvalue weighted by molar-refractivity contribution is -0.111. The van der Waals surface area contributed by atoms with E-state index in [-0.39, 0.29) is 11.9 Å². The van der Waals surface area contributed by atoms with E-state index in [0.29, 0.717) is 34.3 Å². The summed E-state index contributed by atoms with van der Waals surface area (Å²) < 4.78 is 19.2. The molecule has 2 rings (SSSR count). The molecule has 0 fully saturated rings. The van der Waals surface area contributed by atoms with E-state index in [1.54, 1.807) is 19.9 Å². The third-order valence-electron chi connectivity index (χ3n) is 3.35. The molecule has 7 heteroatoms. The van der Waals surface area contributed by atoms with Crippen LogP contribution in [0.5, 0.6) is 5.75 Å². The van der Waals surface area contributed by atoms with Crippen molar-refractivity contribution in [2.75, 3.05) is 5.32 Å². The normalized spacial score (nSPS) is 11.6. The van der Waals surface area contributed by atoms with Crippen molar-refractivity contribution in [3.8, 4) is 5.75 Å². The molecule has 1 aromatic heterocycles. The zero-order valence-corrected chi connectivity index (χ0v) is 14.9. The second kappa shape index (κ2) is 7.83. The number of aryl methyl sites for hydroxylation is 1. The summed E-state index contributed by atoms with van der Waals surface area (Å²) in [6.45, 7) is 8.56. The average molecular weight is 344 g/mol. The van der Waals surface area contributed by atoms with Gasteiger partial charge in [0.05, 0.1) is 23.2 Å². The van der Waals surface area contributed by atoms with Gasteiger partial charge >= 0.3 is 0 Å². The summed E-state index contributed by atoms with van der Waals surface area (Å²) in [4.78, 5) is 24.1. The molecule has 0 radical (unpaired) electrons. The van der Waals surface area contributed by atoms with Gasteiger partial charge in [0, 0.05) is 13.0 Å². The molecule has 0 unspecified atom stereocenters. The summed E-state index contributed by atoms with van der Waals surface area (Å²) in [5, 5.41) is 3.10. The fourth-order valence-electron chi connectivity index (χ4n) is 2.02. The van der Waals surface area contributed by atoms with Crippen molar-refractivity contribution in [2.45, 2.75) is 40.7 Å². The Labute approximate surface area is 146 Å². The Bertz CT molecular complexity index is 819. The Morgan fingerprint density at radius 1 is 1.28 bits per heavy atom. The second-order valence-electron chi connectivity index (χ2n) is 5.84. The van der Waals surface area contributed by atoms with Crippen LogP contribution >= 0.6 is 0 Å². The Kier molecular flexibility index (Phi) is 5.80. The van der Waals surface area contributed by atoms with Crippen LogP contribution in [0.25, 0.3) is 0 Å². The summed E-state index contributed by atoms with van der Waals surface area (Å²) in [6, 6.07) is 4.20. The lowest BCUT2D eigenvalue weighted by atomic mass is 10.2. The van der Waals surface area contributed by atoms with Crippen LogP contribution < -0.4 is 10.1 Å². The van der Waals surface area contributed by atoms with E-state index in [9.17, 15) is 9.18 Å². The predicted molar refractivity (Wildman–Crippen MR) is 95.7 cm³/mol. The molecule has 25 heavy (non-hydrogen) atoms. The smallest absolute Gasteiger partial charge is 0.173 e. The maximum atomic E-state index is 13.5. The van der Waals surface area contributed by atoms with Crippen molar-refractivity contribution in [1.82, 2.24) is 9.97 Å². The summed E-state index contributed by atoms with van der Waals surface area (Å²) in [5.74, 6) is 0.239. The van der Waals surface area contributed by atoms with Crippen LogP contribution in [0.2, 0.25) is 0 Å². The topological polar surface area (TPSA) is 76.5 Å². The molecule has 0 aliphatic heterocycles. The number of anilines is 2. The highest BCUT2D eigenvalue weighted by Gasteiger charge is 2.13. The van der Waals surface area contributed by atoms with Crippen LogP contribution in [-0.4, -0.2) is 27.6 Å². The number of halogens is 1. The molecule has 6 nitrogen and oxygen atoms in total. The van der Waals surface area contributed by atoms with E-state index in [1.807, 2.05) is 13.8 Å². The van der Waals surface area contributed by atoms with Gasteiger partial charge in [0.2, 0.25) is 0 Å². The number of hydrogen-bond donors (Lipinski definition) is 1. The zero-order valence-electron chi connectivity index (χ0n) is 14.9. The Morgan fingerprint density at radius 3 is 2.64 bits per heavy atom. The van der Waals surface area contributed by atoms with E-state index in [0.717, 1.165) is 0 Å². The lowest BCUT2D eigenvalue weighted by Gasteiger charge is -2.16. The van der Waals surface area contributed by atoms with Gasteiger partial charge in [0.25, 0.3) is 0 Å². The van der Waals surface area contributed by atoms with Crippen molar-refractivity contribution in [3.05, 3.63) is 36.0 Å². The fourth-order valence-corrected chi connectivity index (χ4v) is 2.02. The first-order valence-electron chi connectivity index (χ1n) is 7.89. The predicted octanol–water partition coefficient (Wildman–Crippen LogP) is 4.14. The van der Waals surface area contributed by atoms with E-state index in [4.69, 9.17) is 4.74 Å². The Morgan fingerprint density at radius 2 is 2.00 bits per heavy atom. The van der Waals surface area contributed by atoms with Crippen LogP contribution in [0.15, 0.2) is 29.5 Å². The first kappa shape index (κ1) is 18.5. The molecular formula is C18H21FN4O2. The van der Waals surface area contributed by atoms with Gasteiger partial charge in [-0.15, -0.1) is 0 Å². The molecule has 2 aromatic rings. The van der Waals surface area contributed by atoms with Crippen LogP contribution in [-0.2, 0) is 4.79 Å². The number of ketones is 1. The van der Waals surface area contributed by atoms with Gasteiger partial charge in [-0.3, -0.25) is 4.79 Å². The molecule has 132 valence electrons. The maximum Gasteiger partial charge on any atom is 0.173 e. The quantitative estimate of drug-likeness (QED) is 0.797. The second-order valence-corrected chi connectivity index (χ2v) is 5.84. The molecule has 1 heterocycles. The van der Waals surface area contributed by atoms with Gasteiger partial charge in [-0.05, 0) is 39.8 Å². The molecule has 0 atom stereocenters. The lowest BCUT2D eigenvalue weighted by Crippen LogP contribution is -2.08. The number of rotatable bonds is 6. The standard InChI is InChI=1S/C18H21FN4O2/c1-10(2)25-16-8-14(19)6-7-15(16)23-18-17(12(4)20-9-21-18)22-11(3)13(5)24/h6-10H,1-5H3,(H,20,21,23). The van der Waals surface area contributed by atoms with Gasteiger partial charge < -0.3 is 10.1 Å². The highest BCUT2D eigenvalue weighted by Crippen LogP contribution is 2.33. The van der Waals surface area contributed by atoms with Gasteiger partial charge in [0.15, 0.2) is 11.6 Å². The molecule has 1 N–H and O–H groups in total. The third kappa shape index (κ3) is 4.82. The van der Waals surface area contributed by atoms with Crippen LogP contribution in [0.4, 0.5) is 21.6 Å². The van der Waals surface area contributed by atoms with E-state index in [2.05, 4.69) is 20.3 Å². The number of nitrogens with zero attached hydrogens (tertiary/aromatic N) is 3. The molecule has 0 saturated carbocycles. The number of hydrogen-bond acceptors (Lipinski definition) is 6. The summed E-state index contributed by atoms with van der Waals surface area (Å²) in [5.41, 5.74) is 1.96. The molecule has 0 aliphatic carbocycles. The third-order valence-corrected chi connectivity index (χ3v) is 3.35. The molecule has 0 spiro atoms. The number of aliphatic imine (C=N–C) groups is 1. The fraction of sp³-hybridized carbons (Fsp3) is 0.333. The first-order chi connectivity index (χ1) is 11.8. The van der Waals surface area contributed by atoms with Gasteiger partial charge in [-0.25, -0.2) is 19.4 Å². The van der Waals surface area contributed by atoms with Gasteiger partial charge in [-0.2, -0.15) is 0 Å². The number of Topliss-reactive ketones (excluding diaryl/α,β-unsaturated/α-hetero) is 1. The molecule has 0 bridgehead atoms. The minimum atomic E-state index is -0.397. The van der Waals surface area contributed by atoms with Crippen molar-refractivity contribution in [3.63, 3.8) is 0 Å². The van der Waals surface area contributed by atoms with Gasteiger partial charge in [0.1, 0.15) is 23.6 Å². The number of nitrogens with one attached hydrogen (secondary N) is 1. The number of carbonyl (C=O) groups excluding carboxylic acids is 1. The number of aromatic nitrogens is 2. The van der Waals surface area contributed by atoms with Crippen molar-refractivity contribution >= 4 is 28.7 Å². The average Bonchev–Trinajstić information content (AvgIpc) is 2.52. The van der Waals surface area contributed by atoms with E-state index in [1.165, 1.54) is 25.4 Å². The molecule has 0 saturated heterocycles. The molecule has 1 aromatic carbocycles. The molecule has 0 aliphatic rings. The minimum absolute atomic E-state index is 0.119. The summed E-state index contributed by atoms with van der Waals surface area (Å²) in [7, 11) is 0. The molecular weight excluding hydrogens is 323 g/mol. The number of benzene rings is 1. The van der Waals surface area contributed by atoms with Crippen molar-refractivity contribution in [1.29, 1.82) is 0 Å². The monoisotopic (exact) mass is 344 g/mol. The Balaban J connectivity index is 2.47. The molecule has 0 amide bonds. The highest BCUT2D eigenvalue weighted by molar-refractivity contribution is 6.38. The van der Waals surface area contributed by atoms with Crippen LogP contribution in [0, 0.1) is 12.7 Å².